The average molecular weight is 1600 g/mol. The van der Waals surface area contributed by atoms with Crippen LogP contribution in [0.25, 0.3) is 182 Å². The van der Waals surface area contributed by atoms with E-state index in [2.05, 4.69) is 147 Å². The number of hydrogen-bond acceptors (Lipinski definition) is 8. The SMILES string of the molecule is C[n+]1ccc(-c2c3nc(c(-c4cc[n+](C)cc4)c4ccc([n-]4)c(-c4cc[n+](C)cc4)c4nc(c(-c5cc[n+](C)cc5)c5ccc2[n-]5)C=C4)C=C3)cc1.Cc1ccc(-c2c3nc(c(-c4ccc(S(=O)(=O)O)cc4)c4ccc([n-]4)c(-c4ccc(S(=O)(=O)O)cc4)c4nc(c(-c5ccc(C)cc5)c5ccc2[n-]5)C=C4)C=C3)cc1.[Cu+2].[Cu+2]. The van der Waals surface area contributed by atoms with E-state index in [4.69, 9.17) is 39.9 Å². The molecule has 22 heteroatoms. The van der Waals surface area contributed by atoms with Crippen LogP contribution >= 0.6 is 0 Å². The van der Waals surface area contributed by atoms with Crippen molar-refractivity contribution in [3.63, 3.8) is 0 Å². The van der Waals surface area contributed by atoms with Gasteiger partial charge in [0, 0.05) is 48.5 Å². The average Bonchev–Trinajstić information content (AvgIpc) is 1.61. The second-order valence-corrected chi connectivity index (χ2v) is 30.3. The van der Waals surface area contributed by atoms with E-state index in [-0.39, 0.29) is 43.9 Å². The van der Waals surface area contributed by atoms with E-state index in [9.17, 15) is 25.9 Å². The molecule has 18 rings (SSSR count). The zero-order valence-electron chi connectivity index (χ0n) is 61.0. The molecule has 0 saturated heterocycles. The van der Waals surface area contributed by atoms with Crippen molar-refractivity contribution in [3.8, 4) is 89.0 Å². The van der Waals surface area contributed by atoms with Crippen LogP contribution in [0.15, 0.2) is 253 Å². The molecule has 14 aromatic rings. The van der Waals surface area contributed by atoms with E-state index in [1.165, 1.54) is 24.3 Å². The molecule has 14 heterocycles. The first kappa shape index (κ1) is 75.0. The summed E-state index contributed by atoms with van der Waals surface area (Å²) in [5.74, 6) is 0. The second-order valence-electron chi connectivity index (χ2n) is 27.5. The van der Waals surface area contributed by atoms with Gasteiger partial charge in [-0.25, -0.2) is 38.2 Å². The number of nitrogens with zero attached hydrogens (tertiary/aromatic N) is 12. The van der Waals surface area contributed by atoms with E-state index in [0.717, 1.165) is 123 Å². The summed E-state index contributed by atoms with van der Waals surface area (Å²) >= 11 is 0. The fraction of sp³-hybridized carbons (Fsp3) is 0.0667. The molecule has 0 unspecified atom stereocenters. The number of rotatable bonds is 10. The van der Waals surface area contributed by atoms with Crippen molar-refractivity contribution in [2.75, 3.05) is 0 Å². The second kappa shape index (κ2) is 30.4. The van der Waals surface area contributed by atoms with Crippen molar-refractivity contribution in [1.29, 1.82) is 0 Å². The normalized spacial score (nSPS) is 12.1. The molecule has 16 bridgehead atoms. The minimum absolute atomic E-state index is 0. The molecule has 0 fully saturated rings. The molecule has 2 N–H and O–H groups in total. The van der Waals surface area contributed by atoms with Crippen molar-refractivity contribution in [2.24, 2.45) is 28.2 Å². The van der Waals surface area contributed by atoms with Crippen LogP contribution in [-0.4, -0.2) is 45.9 Å². The van der Waals surface area contributed by atoms with Gasteiger partial charge in [-0.3, -0.25) is 9.11 Å². The molecule has 4 aromatic carbocycles. The van der Waals surface area contributed by atoms with Gasteiger partial charge in [0.25, 0.3) is 20.2 Å². The van der Waals surface area contributed by atoms with Gasteiger partial charge >= 0.3 is 34.1 Å². The van der Waals surface area contributed by atoms with Crippen LogP contribution in [0.1, 0.15) is 56.7 Å². The Bertz CT molecular complexity index is 6250. The molecule has 554 valence electrons. The summed E-state index contributed by atoms with van der Waals surface area (Å²) in [6.07, 6.45) is 32.5. The van der Waals surface area contributed by atoms with Crippen LogP contribution in [0, 0.1) is 13.8 Å². The first-order valence-electron chi connectivity index (χ1n) is 35.4. The van der Waals surface area contributed by atoms with E-state index in [1.807, 2.05) is 157 Å². The molecule has 0 amide bonds. The minimum atomic E-state index is -4.45. The Morgan fingerprint density at radius 2 is 0.393 bits per heavy atom. The third-order valence-electron chi connectivity index (χ3n) is 19.8. The van der Waals surface area contributed by atoms with Crippen molar-refractivity contribution >= 4 is 113 Å². The van der Waals surface area contributed by atoms with Gasteiger partial charge in [0.05, 0.1) is 55.3 Å². The fourth-order valence-corrected chi connectivity index (χ4v) is 15.2. The van der Waals surface area contributed by atoms with Crippen LogP contribution < -0.4 is 38.2 Å². The Labute approximate surface area is 667 Å². The van der Waals surface area contributed by atoms with E-state index >= 15 is 0 Å². The summed E-state index contributed by atoms with van der Waals surface area (Å²) < 4.78 is 75.6. The molecule has 0 aliphatic carbocycles. The Balaban J connectivity index is 0.000000175. The number of pyridine rings is 4. The van der Waals surface area contributed by atoms with Gasteiger partial charge < -0.3 is 19.9 Å². The molecule has 10 aromatic heterocycles. The third-order valence-corrected chi connectivity index (χ3v) is 21.6. The predicted octanol–water partition coefficient (Wildman–Crippen LogP) is 15.6. The number of fused-ring (bicyclic) bond motifs is 16. The predicted molar refractivity (Wildman–Crippen MR) is 431 cm³/mol. The van der Waals surface area contributed by atoms with Crippen molar-refractivity contribution < 1.29 is 78.3 Å². The zero-order valence-corrected chi connectivity index (χ0v) is 64.5. The van der Waals surface area contributed by atoms with Crippen LogP contribution in [0.3, 0.4) is 0 Å². The molecule has 0 spiro atoms. The fourth-order valence-electron chi connectivity index (χ4n) is 14.2. The summed E-state index contributed by atoms with van der Waals surface area (Å²) in [5.41, 5.74) is 27.7. The van der Waals surface area contributed by atoms with Crippen LogP contribution in [0.4, 0.5) is 0 Å². The smallest absolute Gasteiger partial charge is 0.657 e. The molecular weight excluding hydrogens is 1540 g/mol. The molecular formula is C90H68Cu2N12O6S2+4. The molecule has 0 saturated carbocycles. The number of benzene rings is 4. The van der Waals surface area contributed by atoms with Gasteiger partial charge in [-0.1, -0.05) is 132 Å². The van der Waals surface area contributed by atoms with Gasteiger partial charge in [0.2, 0.25) is 0 Å². The Hall–Kier alpha value is -12.5. The Kier molecular flexibility index (Phi) is 20.4. The van der Waals surface area contributed by atoms with Crippen molar-refractivity contribution in [2.45, 2.75) is 23.6 Å². The topological polar surface area (TPSA) is 232 Å². The maximum atomic E-state index is 12.0. The zero-order chi connectivity index (χ0) is 75.7. The van der Waals surface area contributed by atoms with E-state index in [0.29, 0.717) is 67.1 Å². The maximum Gasteiger partial charge on any atom is 2.00 e. The van der Waals surface area contributed by atoms with Gasteiger partial charge in [-0.15, -0.1) is 44.1 Å². The molecule has 112 heavy (non-hydrogen) atoms. The number of hydrogen-bond donors (Lipinski definition) is 2. The largest absolute Gasteiger partial charge is 2.00 e. The maximum absolute atomic E-state index is 12.0. The number of aromatic nitrogens is 12. The first-order chi connectivity index (χ1) is 53.2. The van der Waals surface area contributed by atoms with E-state index < -0.39 is 20.2 Å². The van der Waals surface area contributed by atoms with Gasteiger partial charge in [0.15, 0.2) is 49.6 Å². The molecule has 18 nitrogen and oxygen atoms in total. The monoisotopic (exact) mass is 1600 g/mol. The van der Waals surface area contributed by atoms with Crippen LogP contribution in [0.2, 0.25) is 0 Å². The Morgan fingerprint density at radius 3 is 0.554 bits per heavy atom. The van der Waals surface area contributed by atoms with Crippen LogP contribution in [0.5, 0.6) is 0 Å². The summed E-state index contributed by atoms with van der Waals surface area (Å²) in [5, 5.41) is 0. The van der Waals surface area contributed by atoms with Crippen LogP contribution in [-0.2, 0) is 82.6 Å². The summed E-state index contributed by atoms with van der Waals surface area (Å²) in [6, 6.07) is 61.1. The van der Waals surface area contributed by atoms with Crippen molar-refractivity contribution in [1.82, 2.24) is 39.9 Å². The Morgan fingerprint density at radius 1 is 0.241 bits per heavy atom. The third kappa shape index (κ3) is 14.8. The van der Waals surface area contributed by atoms with Gasteiger partial charge in [-0.2, -0.15) is 16.8 Å². The van der Waals surface area contributed by atoms with Crippen molar-refractivity contribution in [3.05, 3.63) is 300 Å². The summed E-state index contributed by atoms with van der Waals surface area (Å²) in [4.78, 5) is 41.7. The summed E-state index contributed by atoms with van der Waals surface area (Å²) in [6.45, 7) is 4.06. The molecule has 0 atom stereocenters. The van der Waals surface area contributed by atoms with Gasteiger partial charge in [0.1, 0.15) is 28.2 Å². The molecule has 4 aliphatic rings. The molecule has 4 aliphatic heterocycles. The number of aryl methyl sites for hydroxylation is 6. The minimum Gasteiger partial charge on any atom is -0.657 e. The van der Waals surface area contributed by atoms with Gasteiger partial charge in [-0.05, 0) is 176 Å². The quantitative estimate of drug-likeness (QED) is 0.0737. The van der Waals surface area contributed by atoms with E-state index in [1.54, 1.807) is 24.3 Å². The molecule has 2 radical (unpaired) electrons. The first-order valence-corrected chi connectivity index (χ1v) is 38.3. The summed E-state index contributed by atoms with van der Waals surface area (Å²) in [7, 11) is -0.813. The standard InChI is InChI=1S/C46H32N4O6S2.C44H36N8.2Cu/c1-27-3-7-29(8-4-27)43-35-19-20-36(47-35)44(30-9-5-28(2)6-10-30)38-22-24-40(49-38)46(32-13-17-34(18-14-32)58(54,55)56)42-26-25-41(50-42)45(39-23-21-37(43)48-39)31-11-15-33(16-12-31)57(51,52)53;1-49-21-13-29(14-22-49)41-33-5-7-35(45-33)42(30-15-23-50(2)24-16-30)37-9-11-39(47-37)44(32-19-27-52(4)28-20-32)40-12-10-38(48-40)43(36-8-6-34(41)46-36)31-17-25-51(3)26-18-31;;/h3-26H,1-2H3,(H,51,52,53)(H,54,55,56);5-28H,1-4H3;;/q-2;3*+2.